The number of anilines is 1. The predicted molar refractivity (Wildman–Crippen MR) is 106 cm³/mol. The second-order valence-corrected chi connectivity index (χ2v) is 7.40. The summed E-state index contributed by atoms with van der Waals surface area (Å²) in [5.74, 6) is 0.825. The molecule has 0 radical (unpaired) electrons. The number of ether oxygens (including phenoxy) is 2. The molecule has 0 spiro atoms. The van der Waals surface area contributed by atoms with Crippen molar-refractivity contribution in [3.05, 3.63) is 52.5 Å². The Bertz CT molecular complexity index is 925. The number of rotatable bonds is 4. The van der Waals surface area contributed by atoms with E-state index in [9.17, 15) is 9.59 Å². The Balaban J connectivity index is 1.51. The van der Waals surface area contributed by atoms with Gasteiger partial charge in [-0.15, -0.1) is 0 Å². The van der Waals surface area contributed by atoms with Crippen LogP contribution in [0.15, 0.2) is 36.4 Å². The van der Waals surface area contributed by atoms with Crippen molar-refractivity contribution >= 4 is 29.1 Å². The molecule has 0 aromatic heterocycles. The fourth-order valence-electron chi connectivity index (χ4n) is 3.62. The molecule has 1 atom stereocenters. The second-order valence-electron chi connectivity index (χ2n) is 6.97. The topological polar surface area (TPSA) is 67.9 Å². The van der Waals surface area contributed by atoms with E-state index in [1.165, 1.54) is 7.11 Å². The first-order chi connectivity index (χ1) is 13.5. The largest absolute Gasteiger partial charge is 0.495 e. The number of nitrogens with one attached hydrogen (secondary N) is 1. The maximum Gasteiger partial charge on any atom is 0.265 e. The summed E-state index contributed by atoms with van der Waals surface area (Å²) in [6, 6.07) is 10.4. The lowest BCUT2D eigenvalue weighted by Crippen LogP contribution is -2.32. The number of benzene rings is 2. The van der Waals surface area contributed by atoms with Gasteiger partial charge in [0.1, 0.15) is 11.5 Å². The van der Waals surface area contributed by atoms with E-state index in [1.54, 1.807) is 36.4 Å². The number of fused-ring (bicyclic) bond motifs is 1. The first-order valence-corrected chi connectivity index (χ1v) is 9.66. The number of nitrogens with zero attached hydrogens (tertiary/aromatic N) is 1. The molecule has 0 aliphatic carbocycles. The van der Waals surface area contributed by atoms with Crippen LogP contribution in [0.25, 0.3) is 0 Å². The quantitative estimate of drug-likeness (QED) is 0.852. The number of hydrogen-bond donors (Lipinski definition) is 1. The van der Waals surface area contributed by atoms with Crippen molar-refractivity contribution in [1.29, 1.82) is 0 Å². The highest BCUT2D eigenvalue weighted by atomic mass is 35.5. The fraction of sp³-hybridized carbons (Fsp3) is 0.333. The van der Waals surface area contributed by atoms with Gasteiger partial charge in [-0.3, -0.25) is 9.59 Å². The van der Waals surface area contributed by atoms with Gasteiger partial charge in [-0.25, -0.2) is 0 Å². The summed E-state index contributed by atoms with van der Waals surface area (Å²) >= 11 is 6.01. The maximum absolute atomic E-state index is 12.8. The van der Waals surface area contributed by atoms with Crippen molar-refractivity contribution < 1.29 is 19.1 Å². The van der Waals surface area contributed by atoms with E-state index in [2.05, 4.69) is 5.32 Å². The van der Waals surface area contributed by atoms with Gasteiger partial charge >= 0.3 is 0 Å². The Morgan fingerprint density at radius 3 is 2.71 bits per heavy atom. The molecular weight excluding hydrogens is 380 g/mol. The van der Waals surface area contributed by atoms with Crippen molar-refractivity contribution in [2.24, 2.45) is 0 Å². The van der Waals surface area contributed by atoms with Crippen LogP contribution in [0.3, 0.4) is 0 Å². The van der Waals surface area contributed by atoms with Gasteiger partial charge in [0.2, 0.25) is 0 Å². The molecule has 2 aliphatic rings. The molecule has 1 saturated heterocycles. The smallest absolute Gasteiger partial charge is 0.265 e. The van der Waals surface area contributed by atoms with E-state index in [4.69, 9.17) is 21.1 Å². The number of carbonyl (C=O) groups is 2. The molecular formula is C21H21ClN2O4. The molecule has 1 N–H and O–H groups in total. The second kappa shape index (κ2) is 7.72. The molecule has 2 aromatic rings. The van der Waals surface area contributed by atoms with E-state index < -0.39 is 6.10 Å². The summed E-state index contributed by atoms with van der Waals surface area (Å²) in [6.45, 7) is 1.53. The summed E-state index contributed by atoms with van der Waals surface area (Å²) in [5.41, 5.74) is 1.88. The van der Waals surface area contributed by atoms with Gasteiger partial charge < -0.3 is 19.7 Å². The average Bonchev–Trinajstić information content (AvgIpc) is 3.37. The summed E-state index contributed by atoms with van der Waals surface area (Å²) in [6.07, 6.45) is 1.83. The van der Waals surface area contributed by atoms with Gasteiger partial charge in [0.05, 0.1) is 12.8 Å². The molecule has 2 amide bonds. The zero-order valence-electron chi connectivity index (χ0n) is 15.5. The number of halogens is 1. The van der Waals surface area contributed by atoms with Crippen molar-refractivity contribution in [3.63, 3.8) is 0 Å². The molecule has 146 valence electrons. The van der Waals surface area contributed by atoms with E-state index in [1.807, 2.05) is 4.90 Å². The third-order valence-corrected chi connectivity index (χ3v) is 5.32. The van der Waals surface area contributed by atoms with Crippen molar-refractivity contribution in [2.75, 3.05) is 25.5 Å². The lowest BCUT2D eigenvalue weighted by atomic mass is 10.1. The molecule has 2 heterocycles. The molecule has 1 unspecified atom stereocenters. The normalized spacial score (nSPS) is 17.8. The van der Waals surface area contributed by atoms with Crippen LogP contribution in [0, 0.1) is 0 Å². The van der Waals surface area contributed by atoms with Crippen molar-refractivity contribution in [1.82, 2.24) is 4.90 Å². The molecule has 6 nitrogen and oxygen atoms in total. The van der Waals surface area contributed by atoms with Crippen LogP contribution < -0.4 is 14.8 Å². The predicted octanol–water partition coefficient (Wildman–Crippen LogP) is 3.53. The van der Waals surface area contributed by atoms with Crippen LogP contribution in [0.2, 0.25) is 5.02 Å². The first-order valence-electron chi connectivity index (χ1n) is 9.28. The number of carbonyl (C=O) groups excluding carboxylic acids is 2. The van der Waals surface area contributed by atoms with Crippen LogP contribution in [0.5, 0.6) is 11.5 Å². The monoisotopic (exact) mass is 400 g/mol. The fourth-order valence-corrected chi connectivity index (χ4v) is 3.81. The summed E-state index contributed by atoms with van der Waals surface area (Å²) in [7, 11) is 1.52. The summed E-state index contributed by atoms with van der Waals surface area (Å²) < 4.78 is 11.1. The number of methoxy groups -OCH3 is 1. The minimum absolute atomic E-state index is 0.0326. The first kappa shape index (κ1) is 18.6. The van der Waals surface area contributed by atoms with Gasteiger partial charge in [-0.2, -0.15) is 0 Å². The summed E-state index contributed by atoms with van der Waals surface area (Å²) in [4.78, 5) is 27.2. The Morgan fingerprint density at radius 2 is 1.96 bits per heavy atom. The van der Waals surface area contributed by atoms with Crippen molar-refractivity contribution in [2.45, 2.75) is 25.4 Å². The van der Waals surface area contributed by atoms with Crippen LogP contribution in [0.1, 0.15) is 28.8 Å². The standard InChI is InChI=1S/C21H21ClN2O4/c1-27-18-6-4-13(21(26)24-8-2-3-9-24)11-16(18)23-20(25)19-12-14-10-15(22)5-7-17(14)28-19/h4-7,10-11,19H,2-3,8-9,12H2,1H3,(H,23,25). The molecule has 7 heteroatoms. The van der Waals surface area contributed by atoms with Crippen LogP contribution >= 0.6 is 11.6 Å². The number of likely N-dealkylation sites (tertiary alicyclic amines) is 1. The van der Waals surface area contributed by atoms with E-state index in [0.29, 0.717) is 34.2 Å². The van der Waals surface area contributed by atoms with Crippen LogP contribution in [0.4, 0.5) is 5.69 Å². The third-order valence-electron chi connectivity index (χ3n) is 5.09. The minimum Gasteiger partial charge on any atom is -0.495 e. The van der Waals surface area contributed by atoms with Gasteiger partial charge in [0, 0.05) is 30.1 Å². The molecule has 1 fully saturated rings. The Labute approximate surface area is 168 Å². The van der Waals surface area contributed by atoms with Crippen LogP contribution in [-0.2, 0) is 11.2 Å². The average molecular weight is 401 g/mol. The summed E-state index contributed by atoms with van der Waals surface area (Å²) in [5, 5.41) is 3.46. The third kappa shape index (κ3) is 3.64. The van der Waals surface area contributed by atoms with Crippen LogP contribution in [-0.4, -0.2) is 43.0 Å². The maximum atomic E-state index is 12.8. The number of hydrogen-bond acceptors (Lipinski definition) is 4. The molecule has 2 aromatic carbocycles. The van der Waals surface area contributed by atoms with E-state index >= 15 is 0 Å². The highest BCUT2D eigenvalue weighted by Crippen LogP contribution is 2.32. The highest BCUT2D eigenvalue weighted by molar-refractivity contribution is 6.30. The molecule has 2 aliphatic heterocycles. The molecule has 0 saturated carbocycles. The Hall–Kier alpha value is -2.73. The van der Waals surface area contributed by atoms with Gasteiger partial charge in [0.15, 0.2) is 6.10 Å². The SMILES string of the molecule is COc1ccc(C(=O)N2CCCC2)cc1NC(=O)C1Cc2cc(Cl)ccc2O1. The molecule has 4 rings (SSSR count). The zero-order valence-corrected chi connectivity index (χ0v) is 16.3. The van der Waals surface area contributed by atoms with Crippen molar-refractivity contribution in [3.8, 4) is 11.5 Å². The highest BCUT2D eigenvalue weighted by Gasteiger charge is 2.30. The Kier molecular flexibility index (Phi) is 5.13. The van der Waals surface area contributed by atoms with Gasteiger partial charge in [0.25, 0.3) is 11.8 Å². The molecule has 28 heavy (non-hydrogen) atoms. The zero-order chi connectivity index (χ0) is 19.7. The lowest BCUT2D eigenvalue weighted by molar-refractivity contribution is -0.122. The minimum atomic E-state index is -0.656. The Morgan fingerprint density at radius 1 is 1.18 bits per heavy atom. The molecule has 0 bridgehead atoms. The van der Waals surface area contributed by atoms with E-state index in [-0.39, 0.29) is 11.8 Å². The van der Waals surface area contributed by atoms with E-state index in [0.717, 1.165) is 31.5 Å². The van der Waals surface area contributed by atoms with Gasteiger partial charge in [-0.1, -0.05) is 11.6 Å². The lowest BCUT2D eigenvalue weighted by Gasteiger charge is -2.18. The van der Waals surface area contributed by atoms with Gasteiger partial charge in [-0.05, 0) is 54.8 Å². The number of amides is 2.